The first-order valence-corrected chi connectivity index (χ1v) is 27.3. The van der Waals surface area contributed by atoms with Crippen molar-refractivity contribution in [3.05, 3.63) is 65.9 Å². The Balaban J connectivity index is 0.715. The SMILES string of the molecule is N#Cc1ccccc1N1C(=O)NC2(CCN(C(=O)Nc3cccc(/C(N)=C/N(N)CCOCCOCCOCCOCCOCCOCCOCCOCCOCCOCCOCCOCCC(=O)ON4C(=O)CCC4=O)c3)CC2)C1=O. The number of nitriles is 1. The number of para-hydroxylation sites is 1. The number of likely N-dealkylation sites (tertiary alicyclic amines) is 1. The van der Waals surface area contributed by atoms with Gasteiger partial charge >= 0.3 is 18.0 Å². The molecule has 82 heavy (non-hydrogen) atoms. The van der Waals surface area contributed by atoms with Gasteiger partial charge in [0.15, 0.2) is 0 Å². The topological polar surface area (TPSA) is 335 Å². The first kappa shape index (κ1) is 66.4. The van der Waals surface area contributed by atoms with Crippen LogP contribution >= 0.6 is 0 Å². The molecule has 3 heterocycles. The molecule has 0 saturated carbocycles. The van der Waals surface area contributed by atoms with Gasteiger partial charge in [-0.1, -0.05) is 24.3 Å². The Morgan fingerprint density at radius 2 is 1.06 bits per heavy atom. The highest BCUT2D eigenvalue weighted by molar-refractivity contribution is 6.24. The summed E-state index contributed by atoms with van der Waals surface area (Å²) in [6.45, 7) is 10.3. The minimum atomic E-state index is -1.16. The lowest BCUT2D eigenvalue weighted by Crippen LogP contribution is -2.56. The van der Waals surface area contributed by atoms with Crippen molar-refractivity contribution in [2.24, 2.45) is 11.6 Å². The van der Waals surface area contributed by atoms with Crippen LogP contribution in [0.4, 0.5) is 21.0 Å². The molecule has 3 fully saturated rings. The summed E-state index contributed by atoms with van der Waals surface area (Å²) in [5, 5.41) is 17.1. The lowest BCUT2D eigenvalue weighted by Gasteiger charge is -2.37. The summed E-state index contributed by atoms with van der Waals surface area (Å²) in [6, 6.07) is 14.5. The summed E-state index contributed by atoms with van der Waals surface area (Å²) in [6.07, 6.45) is 2.02. The Labute approximate surface area is 477 Å². The van der Waals surface area contributed by atoms with E-state index in [1.165, 1.54) is 5.01 Å². The number of ether oxygens (including phenoxy) is 12. The van der Waals surface area contributed by atoms with Crippen molar-refractivity contribution in [2.45, 2.75) is 37.6 Å². The third-order valence-corrected chi connectivity index (χ3v) is 12.3. The molecule has 2 aromatic rings. The average Bonchev–Trinajstić information content (AvgIpc) is 3.35. The highest BCUT2D eigenvalue weighted by Crippen LogP contribution is 2.34. The van der Waals surface area contributed by atoms with E-state index in [2.05, 4.69) is 10.6 Å². The molecule has 0 aliphatic carbocycles. The molecule has 454 valence electrons. The highest BCUT2D eigenvalue weighted by Gasteiger charge is 2.53. The standard InChI is InChI=1S/C54H79N9O19/c55-41-44-4-1-2-7-47(44)62-51(67)54(59-53(62)69)11-13-60(14-12-54)52(68)58-45-6-3-5-43(40-45)46(56)42-61(57)15-17-71-19-21-73-23-25-75-27-29-77-31-33-79-35-37-81-39-38-80-36-34-78-32-30-76-28-26-74-24-22-72-20-18-70-16-10-50(66)82-63-48(64)8-9-49(63)65/h1-7,40,42H,8-39,56-57H2,(H,58,68)(H,59,69)/b46-42-. The van der Waals surface area contributed by atoms with Crippen LogP contribution in [0, 0.1) is 11.3 Å². The van der Waals surface area contributed by atoms with E-state index in [4.69, 9.17) is 73.3 Å². The molecule has 6 N–H and O–H groups in total. The van der Waals surface area contributed by atoms with E-state index in [0.29, 0.717) is 174 Å². The lowest BCUT2D eigenvalue weighted by molar-refractivity contribution is -0.198. The zero-order valence-corrected chi connectivity index (χ0v) is 46.5. The van der Waals surface area contributed by atoms with Crippen LogP contribution < -0.4 is 27.1 Å². The minimum Gasteiger partial charge on any atom is -0.397 e. The van der Waals surface area contributed by atoms with E-state index in [0.717, 1.165) is 4.90 Å². The number of imide groups is 2. The highest BCUT2D eigenvalue weighted by atomic mass is 16.7. The summed E-state index contributed by atoms with van der Waals surface area (Å²) in [7, 11) is 0. The second kappa shape index (κ2) is 39.1. The van der Waals surface area contributed by atoms with Gasteiger partial charge in [0.05, 0.1) is 188 Å². The van der Waals surface area contributed by atoms with Crippen LogP contribution in [0.5, 0.6) is 0 Å². The van der Waals surface area contributed by atoms with Gasteiger partial charge in [0.1, 0.15) is 11.6 Å². The van der Waals surface area contributed by atoms with E-state index in [-0.39, 0.29) is 75.7 Å². The van der Waals surface area contributed by atoms with Gasteiger partial charge in [-0.15, -0.1) is 5.06 Å². The maximum absolute atomic E-state index is 13.5. The Bertz CT molecular complexity index is 2320. The third kappa shape index (κ3) is 24.6. The summed E-state index contributed by atoms with van der Waals surface area (Å²) in [4.78, 5) is 81.6. The third-order valence-electron chi connectivity index (χ3n) is 12.3. The van der Waals surface area contributed by atoms with Crippen molar-refractivity contribution in [3.8, 4) is 6.07 Å². The minimum absolute atomic E-state index is 0.0472. The van der Waals surface area contributed by atoms with Gasteiger partial charge in [-0.25, -0.2) is 25.1 Å². The average molecular weight is 1160 g/mol. The Hall–Kier alpha value is -6.43. The van der Waals surface area contributed by atoms with Gasteiger partial charge in [0.2, 0.25) is 0 Å². The quantitative estimate of drug-likeness (QED) is 0.0239. The monoisotopic (exact) mass is 1160 g/mol. The number of nitrogens with one attached hydrogen (secondary N) is 2. The summed E-state index contributed by atoms with van der Waals surface area (Å²) in [5.74, 6) is 3.95. The van der Waals surface area contributed by atoms with Crippen molar-refractivity contribution in [2.75, 3.05) is 188 Å². The van der Waals surface area contributed by atoms with E-state index < -0.39 is 35.3 Å². The molecule has 0 aromatic heterocycles. The predicted molar refractivity (Wildman–Crippen MR) is 291 cm³/mol. The van der Waals surface area contributed by atoms with Crippen LogP contribution in [0.1, 0.15) is 43.2 Å². The van der Waals surface area contributed by atoms with Gasteiger partial charge in [0, 0.05) is 43.4 Å². The van der Waals surface area contributed by atoms with Crippen LogP contribution in [-0.2, 0) is 80.9 Å². The molecule has 3 aliphatic heterocycles. The molecule has 0 unspecified atom stereocenters. The number of urea groups is 2. The smallest absolute Gasteiger partial charge is 0.335 e. The number of rotatable bonds is 44. The fraction of sp³-hybridized carbons (Fsp3) is 0.611. The molecule has 0 radical (unpaired) electrons. The molecule has 5 rings (SSSR count). The lowest BCUT2D eigenvalue weighted by atomic mass is 9.87. The van der Waals surface area contributed by atoms with Crippen LogP contribution in [-0.4, -0.2) is 234 Å². The second-order valence-corrected chi connectivity index (χ2v) is 18.2. The largest absolute Gasteiger partial charge is 0.397 e. The van der Waals surface area contributed by atoms with E-state index >= 15 is 0 Å². The number of hydrogen-bond acceptors (Lipinski definition) is 23. The van der Waals surface area contributed by atoms with E-state index in [9.17, 15) is 34.0 Å². The molecule has 1 spiro atoms. The van der Waals surface area contributed by atoms with Gasteiger partial charge in [-0.2, -0.15) is 5.26 Å². The van der Waals surface area contributed by atoms with Crippen LogP contribution in [0.3, 0.4) is 0 Å². The maximum Gasteiger partial charge on any atom is 0.335 e. The number of anilines is 2. The molecule has 3 aliphatic rings. The van der Waals surface area contributed by atoms with E-state index in [1.54, 1.807) is 59.6 Å². The molecule has 28 heteroatoms. The number of carbonyl (C=O) groups is 6. The number of piperidine rings is 1. The number of benzene rings is 2. The summed E-state index contributed by atoms with van der Waals surface area (Å²) >= 11 is 0. The number of hydrogen-bond donors (Lipinski definition) is 4. The molecule has 3 saturated heterocycles. The fourth-order valence-electron chi connectivity index (χ4n) is 7.98. The number of nitrogens with two attached hydrogens (primary N) is 2. The summed E-state index contributed by atoms with van der Waals surface area (Å²) in [5.41, 5.74) is 7.15. The Morgan fingerprint density at radius 1 is 0.622 bits per heavy atom. The maximum atomic E-state index is 13.5. The van der Waals surface area contributed by atoms with Gasteiger partial charge in [-0.3, -0.25) is 14.4 Å². The van der Waals surface area contributed by atoms with Gasteiger partial charge in [0.25, 0.3) is 17.7 Å². The van der Waals surface area contributed by atoms with Crippen LogP contribution in [0.2, 0.25) is 0 Å². The van der Waals surface area contributed by atoms with Crippen molar-refractivity contribution in [3.63, 3.8) is 0 Å². The molecule has 0 bridgehead atoms. The molecule has 2 aromatic carbocycles. The van der Waals surface area contributed by atoms with Crippen molar-refractivity contribution in [1.82, 2.24) is 20.3 Å². The summed E-state index contributed by atoms with van der Waals surface area (Å²) < 4.78 is 65.9. The zero-order chi connectivity index (χ0) is 58.5. The number of hydroxylamine groups is 2. The molecular formula is C54H79N9O19. The van der Waals surface area contributed by atoms with Gasteiger partial charge < -0.3 is 88.0 Å². The van der Waals surface area contributed by atoms with Gasteiger partial charge in [-0.05, 0) is 37.1 Å². The zero-order valence-electron chi connectivity index (χ0n) is 46.5. The Kier molecular flexibility index (Phi) is 31.7. The normalized spacial score (nSPS) is 15.2. The fourth-order valence-corrected chi connectivity index (χ4v) is 7.98. The number of amides is 7. The first-order chi connectivity index (χ1) is 40.0. The van der Waals surface area contributed by atoms with Crippen molar-refractivity contribution < 1.29 is 90.4 Å². The Morgan fingerprint density at radius 3 is 1.52 bits per heavy atom. The van der Waals surface area contributed by atoms with Crippen molar-refractivity contribution in [1.29, 1.82) is 5.26 Å². The number of nitrogens with zero attached hydrogens (tertiary/aromatic N) is 5. The first-order valence-electron chi connectivity index (χ1n) is 27.3. The number of carbonyl (C=O) groups excluding carboxylic acids is 6. The van der Waals surface area contributed by atoms with E-state index in [1.807, 2.05) is 6.07 Å². The van der Waals surface area contributed by atoms with Crippen LogP contribution in [0.15, 0.2) is 54.7 Å². The number of hydrazine groups is 1. The predicted octanol–water partition coefficient (Wildman–Crippen LogP) is 1.31. The van der Waals surface area contributed by atoms with Crippen LogP contribution in [0.25, 0.3) is 5.70 Å². The van der Waals surface area contributed by atoms with Crippen molar-refractivity contribution >= 4 is 52.8 Å². The molecule has 28 nitrogen and oxygen atoms in total. The molecule has 0 atom stereocenters. The molecule has 7 amide bonds. The second-order valence-electron chi connectivity index (χ2n) is 18.2. The molecular weight excluding hydrogens is 1080 g/mol.